The van der Waals surface area contributed by atoms with Gasteiger partial charge in [-0.15, -0.1) is 0 Å². The van der Waals surface area contributed by atoms with Gasteiger partial charge in [-0.05, 0) is 66.2 Å². The molecular formula is C27H17FN2O4. The van der Waals surface area contributed by atoms with Crippen LogP contribution in [0.4, 0.5) is 15.8 Å². The van der Waals surface area contributed by atoms with Crippen molar-refractivity contribution in [3.05, 3.63) is 130 Å². The highest BCUT2D eigenvalue weighted by molar-refractivity contribution is 6.23. The number of carbonyl (C=O) groups excluding carboxylic acids is 1. The van der Waals surface area contributed by atoms with E-state index in [1.807, 2.05) is 30.3 Å². The van der Waals surface area contributed by atoms with Crippen LogP contribution in [-0.2, 0) is 4.79 Å². The van der Waals surface area contributed by atoms with E-state index in [0.717, 1.165) is 5.56 Å². The molecule has 166 valence electrons. The molecule has 0 aliphatic carbocycles. The van der Waals surface area contributed by atoms with Gasteiger partial charge in [-0.3, -0.25) is 19.8 Å². The third kappa shape index (κ3) is 4.02. The minimum atomic E-state index is -0.461. The zero-order chi connectivity index (χ0) is 23.7. The number of benzene rings is 3. The Morgan fingerprint density at radius 3 is 2.24 bits per heavy atom. The second-order valence-electron chi connectivity index (χ2n) is 7.62. The van der Waals surface area contributed by atoms with Crippen molar-refractivity contribution in [2.45, 2.75) is 0 Å². The summed E-state index contributed by atoms with van der Waals surface area (Å²) in [7, 11) is 0. The average molecular weight is 452 g/mol. The predicted octanol–water partition coefficient (Wildman–Crippen LogP) is 6.47. The Bertz CT molecular complexity index is 1440. The maximum absolute atomic E-state index is 13.5. The van der Waals surface area contributed by atoms with Crippen molar-refractivity contribution in [1.82, 2.24) is 0 Å². The molecule has 0 N–H and O–H groups in total. The van der Waals surface area contributed by atoms with Crippen LogP contribution in [-0.4, -0.2) is 10.8 Å². The third-order valence-corrected chi connectivity index (χ3v) is 5.42. The van der Waals surface area contributed by atoms with Crippen LogP contribution in [0.25, 0.3) is 23.1 Å². The van der Waals surface area contributed by atoms with Gasteiger partial charge >= 0.3 is 0 Å². The van der Waals surface area contributed by atoms with Crippen LogP contribution in [0, 0.1) is 15.9 Å². The van der Waals surface area contributed by atoms with E-state index in [0.29, 0.717) is 34.0 Å². The predicted molar refractivity (Wildman–Crippen MR) is 127 cm³/mol. The Morgan fingerprint density at radius 2 is 1.56 bits per heavy atom. The fraction of sp³-hybridized carbons (Fsp3) is 0. The summed E-state index contributed by atoms with van der Waals surface area (Å²) in [5.41, 5.74) is 3.15. The van der Waals surface area contributed by atoms with E-state index >= 15 is 0 Å². The van der Waals surface area contributed by atoms with Gasteiger partial charge in [0.15, 0.2) is 0 Å². The molecule has 0 atom stereocenters. The molecule has 3 aromatic carbocycles. The smallest absolute Gasteiger partial charge is 0.269 e. The lowest BCUT2D eigenvalue weighted by molar-refractivity contribution is -0.384. The molecule has 5 rings (SSSR count). The van der Waals surface area contributed by atoms with Gasteiger partial charge in [0, 0.05) is 29.0 Å². The first-order valence-electron chi connectivity index (χ1n) is 10.4. The summed E-state index contributed by atoms with van der Waals surface area (Å²) in [5, 5.41) is 10.9. The number of carbonyl (C=O) groups is 1. The molecule has 0 saturated carbocycles. The van der Waals surface area contributed by atoms with Gasteiger partial charge in [0.25, 0.3) is 11.6 Å². The number of nitro benzene ring substituents is 1. The monoisotopic (exact) mass is 452 g/mol. The van der Waals surface area contributed by atoms with E-state index in [9.17, 15) is 19.3 Å². The molecule has 0 fully saturated rings. The number of anilines is 1. The van der Waals surface area contributed by atoms with Crippen molar-refractivity contribution in [2.24, 2.45) is 0 Å². The Labute approximate surface area is 194 Å². The molecular weight excluding hydrogens is 435 g/mol. The van der Waals surface area contributed by atoms with Gasteiger partial charge in [0.1, 0.15) is 17.3 Å². The van der Waals surface area contributed by atoms with E-state index in [1.54, 1.807) is 53.5 Å². The Balaban J connectivity index is 1.50. The van der Waals surface area contributed by atoms with Gasteiger partial charge in [-0.2, -0.15) is 0 Å². The van der Waals surface area contributed by atoms with Crippen molar-refractivity contribution >= 4 is 29.1 Å². The molecule has 2 heterocycles. The molecule has 1 aliphatic rings. The van der Waals surface area contributed by atoms with Crippen molar-refractivity contribution in [2.75, 3.05) is 4.90 Å². The molecule has 0 saturated heterocycles. The largest absolute Gasteiger partial charge is 0.457 e. The fourth-order valence-corrected chi connectivity index (χ4v) is 3.77. The number of rotatable bonds is 5. The lowest BCUT2D eigenvalue weighted by atomic mass is 10.1. The topological polar surface area (TPSA) is 76.6 Å². The van der Waals surface area contributed by atoms with E-state index in [2.05, 4.69) is 0 Å². The first-order chi connectivity index (χ1) is 16.5. The Hall–Kier alpha value is -4.78. The Morgan fingerprint density at radius 1 is 0.853 bits per heavy atom. The molecule has 0 spiro atoms. The highest BCUT2D eigenvalue weighted by atomic mass is 19.1. The van der Waals surface area contributed by atoms with Crippen LogP contribution in [0.2, 0.25) is 0 Å². The van der Waals surface area contributed by atoms with E-state index in [1.165, 1.54) is 24.3 Å². The van der Waals surface area contributed by atoms with Crippen LogP contribution >= 0.6 is 0 Å². The normalized spacial score (nSPS) is 14.5. The summed E-state index contributed by atoms with van der Waals surface area (Å²) >= 11 is 0. The zero-order valence-electron chi connectivity index (χ0n) is 17.7. The van der Waals surface area contributed by atoms with Crippen molar-refractivity contribution in [3.63, 3.8) is 0 Å². The SMILES string of the molecule is O=C1C(=Cc2ccc(-c3ccc([N+](=O)[O-])cc3)o2)C=C(c2ccccc2)N1c1ccc(F)cc1. The fourth-order valence-electron chi connectivity index (χ4n) is 3.77. The summed E-state index contributed by atoms with van der Waals surface area (Å²) in [6.45, 7) is 0. The average Bonchev–Trinajstić information content (AvgIpc) is 3.45. The molecule has 6 nitrogen and oxygen atoms in total. The number of nitrogens with zero attached hydrogens (tertiary/aromatic N) is 2. The van der Waals surface area contributed by atoms with E-state index in [4.69, 9.17) is 4.42 Å². The molecule has 1 aromatic heterocycles. The van der Waals surface area contributed by atoms with Crippen molar-refractivity contribution in [1.29, 1.82) is 0 Å². The minimum Gasteiger partial charge on any atom is -0.457 e. The second kappa shape index (κ2) is 8.63. The highest BCUT2D eigenvalue weighted by Gasteiger charge is 2.30. The molecule has 4 aromatic rings. The van der Waals surface area contributed by atoms with Crippen molar-refractivity contribution in [3.8, 4) is 11.3 Å². The summed E-state index contributed by atoms with van der Waals surface area (Å²) < 4.78 is 19.4. The van der Waals surface area contributed by atoms with Gasteiger partial charge < -0.3 is 4.42 Å². The lowest BCUT2D eigenvalue weighted by Crippen LogP contribution is -2.24. The van der Waals surface area contributed by atoms with E-state index < -0.39 is 4.92 Å². The summed E-state index contributed by atoms with van der Waals surface area (Å²) in [6, 6.07) is 24.7. The minimum absolute atomic E-state index is 0.00587. The number of hydrogen-bond acceptors (Lipinski definition) is 4. The zero-order valence-corrected chi connectivity index (χ0v) is 17.7. The van der Waals surface area contributed by atoms with Crippen molar-refractivity contribution < 1.29 is 18.5 Å². The lowest BCUT2D eigenvalue weighted by Gasteiger charge is -2.20. The van der Waals surface area contributed by atoms with E-state index in [-0.39, 0.29) is 17.4 Å². The summed E-state index contributed by atoms with van der Waals surface area (Å²) in [4.78, 5) is 25.3. The quantitative estimate of drug-likeness (QED) is 0.198. The van der Waals surface area contributed by atoms with Crippen LogP contribution < -0.4 is 4.90 Å². The molecule has 34 heavy (non-hydrogen) atoms. The summed E-state index contributed by atoms with van der Waals surface area (Å²) in [5.74, 6) is 0.334. The number of non-ortho nitro benzene ring substituents is 1. The van der Waals surface area contributed by atoms with Crippen LogP contribution in [0.15, 0.2) is 107 Å². The number of furan rings is 1. The number of hydrogen-bond donors (Lipinski definition) is 0. The van der Waals surface area contributed by atoms with Gasteiger partial charge in [-0.1, -0.05) is 30.3 Å². The molecule has 1 amide bonds. The Kier molecular flexibility index (Phi) is 5.35. The number of amides is 1. The van der Waals surface area contributed by atoms with Crippen LogP contribution in [0.3, 0.4) is 0 Å². The van der Waals surface area contributed by atoms with Gasteiger partial charge in [0.05, 0.1) is 10.6 Å². The van der Waals surface area contributed by atoms with Gasteiger partial charge in [0.2, 0.25) is 0 Å². The highest BCUT2D eigenvalue weighted by Crippen LogP contribution is 2.35. The molecule has 0 bridgehead atoms. The number of nitro groups is 1. The third-order valence-electron chi connectivity index (χ3n) is 5.42. The molecule has 0 radical (unpaired) electrons. The summed E-state index contributed by atoms with van der Waals surface area (Å²) in [6.07, 6.45) is 3.42. The standard InChI is InChI=1S/C27H17FN2O4/c28-21-8-12-22(13-9-21)29-25(18-4-2-1-3-5-18)17-20(27(29)31)16-24-14-15-26(34-24)19-6-10-23(11-7-19)30(32)33/h1-17H. The maximum atomic E-state index is 13.5. The molecule has 1 aliphatic heterocycles. The number of halogens is 1. The first kappa shape index (κ1) is 21.1. The van der Waals surface area contributed by atoms with Crippen LogP contribution in [0.5, 0.6) is 0 Å². The maximum Gasteiger partial charge on any atom is 0.269 e. The van der Waals surface area contributed by atoms with Gasteiger partial charge in [-0.25, -0.2) is 4.39 Å². The second-order valence-corrected chi connectivity index (χ2v) is 7.62. The first-order valence-corrected chi connectivity index (χ1v) is 10.4. The molecule has 7 heteroatoms. The van der Waals surface area contributed by atoms with Crippen LogP contribution in [0.1, 0.15) is 11.3 Å². The molecule has 0 unspecified atom stereocenters.